The van der Waals surface area contributed by atoms with Crippen molar-refractivity contribution in [3.63, 3.8) is 0 Å². The second-order valence-electron chi connectivity index (χ2n) is 2.18. The Morgan fingerprint density at radius 2 is 1.30 bits per heavy atom. The summed E-state index contributed by atoms with van der Waals surface area (Å²) in [4.78, 5) is 0. The van der Waals surface area contributed by atoms with E-state index in [0.29, 0.717) is 12.5 Å². The topological polar surface area (TPSA) is 40.5 Å². The highest BCUT2D eigenvalue weighted by Gasteiger charge is 1.97. The fourth-order valence-electron chi connectivity index (χ4n) is 0.547. The lowest BCUT2D eigenvalue weighted by Crippen LogP contribution is -2.01. The van der Waals surface area contributed by atoms with Crippen molar-refractivity contribution in [2.24, 2.45) is 5.92 Å². The van der Waals surface area contributed by atoms with Gasteiger partial charge in [0.1, 0.15) is 0 Å². The molecule has 0 fully saturated rings. The van der Waals surface area contributed by atoms with Crippen molar-refractivity contribution in [1.82, 2.24) is 0 Å². The van der Waals surface area contributed by atoms with Crippen molar-refractivity contribution in [3.05, 3.63) is 0 Å². The van der Waals surface area contributed by atoms with Gasteiger partial charge in [0.2, 0.25) is 0 Å². The average Bonchev–Trinajstić information content (AvgIpc) is 1.93. The quantitative estimate of drug-likeness (QED) is 0.635. The van der Waals surface area contributed by atoms with Gasteiger partial charge in [0.15, 0.2) is 0 Å². The van der Waals surface area contributed by atoms with Crippen molar-refractivity contribution in [2.45, 2.75) is 33.6 Å². The van der Waals surface area contributed by atoms with Gasteiger partial charge < -0.3 is 10.2 Å². The zero-order valence-electron chi connectivity index (χ0n) is 7.30. The summed E-state index contributed by atoms with van der Waals surface area (Å²) in [7, 11) is 0. The van der Waals surface area contributed by atoms with Crippen molar-refractivity contribution in [2.75, 3.05) is 13.2 Å². The number of hydrogen-bond acceptors (Lipinski definition) is 2. The summed E-state index contributed by atoms with van der Waals surface area (Å²) in [5, 5.41) is 16.1. The van der Waals surface area contributed by atoms with Gasteiger partial charge in [0, 0.05) is 13.2 Å². The Balaban J connectivity index is 0. The largest absolute Gasteiger partial charge is 0.397 e. The van der Waals surface area contributed by atoms with E-state index in [4.69, 9.17) is 10.2 Å². The molecule has 0 aromatic carbocycles. The number of hydrogen-bond donors (Lipinski definition) is 2. The van der Waals surface area contributed by atoms with Gasteiger partial charge >= 0.3 is 0 Å². The normalized spacial score (nSPS) is 9.00. The van der Waals surface area contributed by atoms with Crippen LogP contribution in [-0.2, 0) is 0 Å². The summed E-state index contributed by atoms with van der Waals surface area (Å²) < 4.78 is 0. The molecule has 0 atom stereocenters. The Bertz CT molecular complexity index is 37.0. The van der Waals surface area contributed by atoms with Gasteiger partial charge in [-0.15, -0.1) is 0 Å². The lowest BCUT2D eigenvalue weighted by Gasteiger charge is -2.04. The van der Waals surface area contributed by atoms with Crippen LogP contribution in [0.15, 0.2) is 0 Å². The first kappa shape index (κ1) is 12.6. The first-order valence-electron chi connectivity index (χ1n) is 3.98. The van der Waals surface area contributed by atoms with Gasteiger partial charge in [-0.2, -0.15) is 0 Å². The summed E-state index contributed by atoms with van der Waals surface area (Å²) in [6.45, 7) is 6.49. The van der Waals surface area contributed by atoms with Crippen LogP contribution in [0.25, 0.3) is 0 Å². The molecule has 0 bridgehead atoms. The lowest BCUT2D eigenvalue weighted by atomic mass is 10.1. The van der Waals surface area contributed by atoms with E-state index in [0.717, 1.165) is 12.8 Å². The summed E-state index contributed by atoms with van der Waals surface area (Å²) >= 11 is 0. The van der Waals surface area contributed by atoms with E-state index in [2.05, 4.69) is 13.8 Å². The van der Waals surface area contributed by atoms with E-state index in [-0.39, 0.29) is 6.61 Å². The number of aliphatic hydroxyl groups is 2. The van der Waals surface area contributed by atoms with E-state index in [1.54, 1.807) is 6.92 Å². The minimum atomic E-state index is 0.250. The van der Waals surface area contributed by atoms with E-state index in [1.165, 1.54) is 0 Å². The van der Waals surface area contributed by atoms with Crippen LogP contribution in [0.1, 0.15) is 33.6 Å². The van der Waals surface area contributed by atoms with Crippen LogP contribution in [0.4, 0.5) is 0 Å². The molecular formula is C8H20O2. The highest BCUT2D eigenvalue weighted by atomic mass is 16.3. The summed E-state index contributed by atoms with van der Waals surface area (Å²) in [6.07, 6.45) is 2.21. The Kier molecular flexibility index (Phi) is 14.7. The maximum atomic E-state index is 8.53. The first-order chi connectivity index (χ1) is 4.76. The fourth-order valence-corrected chi connectivity index (χ4v) is 0.547. The molecule has 0 aliphatic heterocycles. The summed E-state index contributed by atoms with van der Waals surface area (Å²) in [5.41, 5.74) is 0. The third-order valence-corrected chi connectivity index (χ3v) is 1.41. The Hall–Kier alpha value is -0.0800. The number of aliphatic hydroxyl groups excluding tert-OH is 2. The van der Waals surface area contributed by atoms with Crippen LogP contribution < -0.4 is 0 Å². The SMILES string of the molecule is CCC(CC)CO.CCO. The van der Waals surface area contributed by atoms with Gasteiger partial charge in [-0.05, 0) is 12.8 Å². The van der Waals surface area contributed by atoms with Crippen molar-refractivity contribution in [1.29, 1.82) is 0 Å². The van der Waals surface area contributed by atoms with Gasteiger partial charge in [-0.3, -0.25) is 0 Å². The van der Waals surface area contributed by atoms with Crippen molar-refractivity contribution < 1.29 is 10.2 Å². The van der Waals surface area contributed by atoms with Gasteiger partial charge in [-0.1, -0.05) is 26.7 Å². The molecule has 64 valence electrons. The Labute approximate surface area is 63.9 Å². The molecule has 2 nitrogen and oxygen atoms in total. The predicted octanol–water partition coefficient (Wildman–Crippen LogP) is 1.41. The van der Waals surface area contributed by atoms with Crippen LogP contribution in [0.2, 0.25) is 0 Å². The lowest BCUT2D eigenvalue weighted by molar-refractivity contribution is 0.219. The molecule has 0 saturated carbocycles. The van der Waals surface area contributed by atoms with E-state index in [9.17, 15) is 0 Å². The van der Waals surface area contributed by atoms with Crippen LogP contribution in [0, 0.1) is 5.92 Å². The molecule has 0 saturated heterocycles. The van der Waals surface area contributed by atoms with Gasteiger partial charge in [-0.25, -0.2) is 0 Å². The highest BCUT2D eigenvalue weighted by molar-refractivity contribution is 4.48. The van der Waals surface area contributed by atoms with Crippen molar-refractivity contribution in [3.8, 4) is 0 Å². The monoisotopic (exact) mass is 148 g/mol. The zero-order chi connectivity index (χ0) is 8.41. The molecule has 10 heavy (non-hydrogen) atoms. The summed E-state index contributed by atoms with van der Waals surface area (Å²) in [6, 6.07) is 0. The molecule has 2 N–H and O–H groups in total. The first-order valence-corrected chi connectivity index (χ1v) is 3.98. The van der Waals surface area contributed by atoms with E-state index < -0.39 is 0 Å². The van der Waals surface area contributed by atoms with E-state index >= 15 is 0 Å². The molecule has 0 rings (SSSR count). The van der Waals surface area contributed by atoms with Gasteiger partial charge in [0.25, 0.3) is 0 Å². The maximum absolute atomic E-state index is 8.53. The molecular weight excluding hydrogens is 128 g/mol. The van der Waals surface area contributed by atoms with E-state index in [1.807, 2.05) is 0 Å². The molecule has 0 aliphatic rings. The fraction of sp³-hybridized carbons (Fsp3) is 1.00. The number of rotatable bonds is 3. The van der Waals surface area contributed by atoms with Crippen LogP contribution >= 0.6 is 0 Å². The molecule has 0 radical (unpaired) electrons. The molecule has 0 aromatic rings. The molecule has 0 aromatic heterocycles. The predicted molar refractivity (Wildman–Crippen MR) is 43.9 cm³/mol. The molecule has 0 heterocycles. The molecule has 0 unspecified atom stereocenters. The molecule has 0 amide bonds. The smallest absolute Gasteiger partial charge is 0.0459 e. The minimum Gasteiger partial charge on any atom is -0.397 e. The van der Waals surface area contributed by atoms with Crippen LogP contribution in [0.5, 0.6) is 0 Å². The third-order valence-electron chi connectivity index (χ3n) is 1.41. The highest BCUT2D eigenvalue weighted by Crippen LogP contribution is 2.03. The standard InChI is InChI=1S/C6H14O.C2H6O/c1-3-6(4-2)5-7;1-2-3/h6-7H,3-5H2,1-2H3;3H,2H2,1H3. The second-order valence-corrected chi connectivity index (χ2v) is 2.18. The Morgan fingerprint density at radius 3 is 1.30 bits per heavy atom. The van der Waals surface area contributed by atoms with Crippen LogP contribution in [-0.4, -0.2) is 23.4 Å². The molecule has 2 heteroatoms. The van der Waals surface area contributed by atoms with Crippen LogP contribution in [0.3, 0.4) is 0 Å². The van der Waals surface area contributed by atoms with Crippen molar-refractivity contribution >= 4 is 0 Å². The summed E-state index contributed by atoms with van der Waals surface area (Å²) in [5.74, 6) is 0.542. The average molecular weight is 148 g/mol. The molecule has 0 spiro atoms. The maximum Gasteiger partial charge on any atom is 0.0459 e. The Morgan fingerprint density at radius 1 is 1.00 bits per heavy atom. The zero-order valence-corrected chi connectivity index (χ0v) is 7.30. The molecule has 0 aliphatic carbocycles. The second kappa shape index (κ2) is 11.7. The third kappa shape index (κ3) is 10.8. The minimum absolute atomic E-state index is 0.250. The van der Waals surface area contributed by atoms with Gasteiger partial charge in [0.05, 0.1) is 0 Å².